The van der Waals surface area contributed by atoms with Gasteiger partial charge in [0.2, 0.25) is 0 Å². The number of hydrogen-bond donors (Lipinski definition) is 1. The zero-order chi connectivity index (χ0) is 20.5. The lowest BCUT2D eigenvalue weighted by Gasteiger charge is -2.10. The van der Waals surface area contributed by atoms with Gasteiger partial charge >= 0.3 is 0 Å². The number of anilines is 1. The minimum atomic E-state index is -0.388. The molecule has 1 N–H and O–H groups in total. The van der Waals surface area contributed by atoms with Gasteiger partial charge in [-0.3, -0.25) is 0 Å². The van der Waals surface area contributed by atoms with Crippen molar-refractivity contribution in [3.8, 4) is 22.8 Å². The van der Waals surface area contributed by atoms with Gasteiger partial charge in [-0.2, -0.15) is 9.50 Å². The Hall–Kier alpha value is -4.14. The highest BCUT2D eigenvalue weighted by atomic mass is 19.1. The van der Waals surface area contributed by atoms with Gasteiger partial charge in [0.25, 0.3) is 5.89 Å². The van der Waals surface area contributed by atoms with Crippen molar-refractivity contribution in [2.24, 2.45) is 0 Å². The van der Waals surface area contributed by atoms with Crippen molar-refractivity contribution in [3.05, 3.63) is 78.4 Å². The predicted octanol–water partition coefficient (Wildman–Crippen LogP) is 4.15. The predicted molar refractivity (Wildman–Crippen MR) is 108 cm³/mol. The molecule has 0 fully saturated rings. The van der Waals surface area contributed by atoms with Crippen LogP contribution in [0.4, 0.5) is 10.2 Å². The van der Waals surface area contributed by atoms with Crippen LogP contribution < -0.4 is 5.32 Å². The van der Waals surface area contributed by atoms with Gasteiger partial charge in [-0.15, -0.1) is 15.3 Å². The third-order valence-corrected chi connectivity index (χ3v) is 4.59. The van der Waals surface area contributed by atoms with Crippen LogP contribution in [-0.4, -0.2) is 30.0 Å². The second kappa shape index (κ2) is 7.36. The van der Waals surface area contributed by atoms with Gasteiger partial charge in [-0.1, -0.05) is 35.5 Å². The number of benzene rings is 2. The summed E-state index contributed by atoms with van der Waals surface area (Å²) in [5.74, 6) is 1.42. The first-order valence-electron chi connectivity index (χ1n) is 9.32. The molecule has 1 atom stereocenters. The van der Waals surface area contributed by atoms with E-state index in [0.717, 1.165) is 5.56 Å². The lowest BCUT2D eigenvalue weighted by Crippen LogP contribution is -2.11. The molecule has 0 aliphatic heterocycles. The van der Waals surface area contributed by atoms with Crippen molar-refractivity contribution in [3.63, 3.8) is 0 Å². The SMILES string of the molecule is CC(Nc1ccc2nnc(-c3ccccc3F)n2n1)c1noc(-c2ccccc2)n1. The molecule has 9 heteroatoms. The third-order valence-electron chi connectivity index (χ3n) is 4.59. The minimum absolute atomic E-state index is 0.274. The molecule has 5 aromatic rings. The van der Waals surface area contributed by atoms with E-state index in [1.54, 1.807) is 30.3 Å². The molecule has 3 heterocycles. The van der Waals surface area contributed by atoms with E-state index >= 15 is 0 Å². The maximum Gasteiger partial charge on any atom is 0.257 e. The molecule has 5 rings (SSSR count). The number of fused-ring (bicyclic) bond motifs is 1. The number of nitrogens with one attached hydrogen (secondary N) is 1. The molecule has 1 unspecified atom stereocenters. The fourth-order valence-corrected chi connectivity index (χ4v) is 3.07. The first kappa shape index (κ1) is 17.9. The molecule has 0 bridgehead atoms. The first-order chi connectivity index (χ1) is 14.7. The molecule has 0 saturated heterocycles. The molecular weight excluding hydrogens is 385 g/mol. The first-order valence-corrected chi connectivity index (χ1v) is 9.32. The fraction of sp³-hybridized carbons (Fsp3) is 0.0952. The van der Waals surface area contributed by atoms with Gasteiger partial charge in [0, 0.05) is 5.56 Å². The van der Waals surface area contributed by atoms with Crippen molar-refractivity contribution < 1.29 is 8.91 Å². The third kappa shape index (κ3) is 3.26. The number of nitrogens with zero attached hydrogens (tertiary/aromatic N) is 6. The molecule has 0 spiro atoms. The van der Waals surface area contributed by atoms with Crippen molar-refractivity contribution in [2.45, 2.75) is 13.0 Å². The summed E-state index contributed by atoms with van der Waals surface area (Å²) in [5, 5.41) is 20.0. The van der Waals surface area contributed by atoms with Gasteiger partial charge in [0.1, 0.15) is 11.6 Å². The van der Waals surface area contributed by atoms with E-state index in [4.69, 9.17) is 4.52 Å². The maximum absolute atomic E-state index is 14.2. The number of hydrogen-bond acceptors (Lipinski definition) is 7. The summed E-state index contributed by atoms with van der Waals surface area (Å²) in [6.07, 6.45) is 0. The van der Waals surface area contributed by atoms with E-state index in [1.807, 2.05) is 37.3 Å². The van der Waals surface area contributed by atoms with Crippen molar-refractivity contribution in [2.75, 3.05) is 5.32 Å². The molecule has 0 aliphatic carbocycles. The highest BCUT2D eigenvalue weighted by molar-refractivity contribution is 5.60. The largest absolute Gasteiger partial charge is 0.359 e. The Morgan fingerprint density at radius 2 is 1.77 bits per heavy atom. The van der Waals surface area contributed by atoms with Crippen LogP contribution in [0.5, 0.6) is 0 Å². The molecule has 0 amide bonds. The number of aromatic nitrogens is 6. The second-order valence-electron chi connectivity index (χ2n) is 6.68. The van der Waals surface area contributed by atoms with Crippen LogP contribution in [0.15, 0.2) is 71.3 Å². The summed E-state index contributed by atoms with van der Waals surface area (Å²) in [6, 6.07) is 19.2. The van der Waals surface area contributed by atoms with E-state index in [2.05, 4.69) is 30.8 Å². The van der Waals surface area contributed by atoms with Crippen molar-refractivity contribution >= 4 is 11.5 Å². The number of halogens is 1. The van der Waals surface area contributed by atoms with Crippen molar-refractivity contribution in [1.82, 2.24) is 30.0 Å². The van der Waals surface area contributed by atoms with E-state index in [0.29, 0.717) is 34.6 Å². The Bertz CT molecular complexity index is 1320. The van der Waals surface area contributed by atoms with Crippen LogP contribution in [0.1, 0.15) is 18.8 Å². The van der Waals surface area contributed by atoms with Gasteiger partial charge < -0.3 is 9.84 Å². The molecule has 148 valence electrons. The lowest BCUT2D eigenvalue weighted by molar-refractivity contribution is 0.419. The number of rotatable bonds is 5. The maximum atomic E-state index is 14.2. The lowest BCUT2D eigenvalue weighted by atomic mass is 10.2. The van der Waals surface area contributed by atoms with Gasteiger partial charge in [0.15, 0.2) is 17.3 Å². The second-order valence-corrected chi connectivity index (χ2v) is 6.68. The Morgan fingerprint density at radius 1 is 0.967 bits per heavy atom. The monoisotopic (exact) mass is 401 g/mol. The molecule has 0 saturated carbocycles. The van der Waals surface area contributed by atoms with Crippen LogP contribution in [0.3, 0.4) is 0 Å². The fourth-order valence-electron chi connectivity index (χ4n) is 3.07. The molecular formula is C21H16FN7O. The molecule has 30 heavy (non-hydrogen) atoms. The average molecular weight is 401 g/mol. The Kier molecular flexibility index (Phi) is 4.40. The smallest absolute Gasteiger partial charge is 0.257 e. The highest BCUT2D eigenvalue weighted by Crippen LogP contribution is 2.23. The normalized spacial score (nSPS) is 12.2. The average Bonchev–Trinajstić information content (AvgIpc) is 3.42. The summed E-state index contributed by atoms with van der Waals surface area (Å²) in [4.78, 5) is 4.46. The Balaban J connectivity index is 1.42. The van der Waals surface area contributed by atoms with Gasteiger partial charge in [-0.25, -0.2) is 4.39 Å². The quantitative estimate of drug-likeness (QED) is 0.473. The zero-order valence-corrected chi connectivity index (χ0v) is 15.9. The summed E-state index contributed by atoms with van der Waals surface area (Å²) in [6.45, 7) is 1.90. The summed E-state index contributed by atoms with van der Waals surface area (Å²) >= 11 is 0. The van der Waals surface area contributed by atoms with Gasteiger partial charge in [-0.05, 0) is 43.3 Å². The Morgan fingerprint density at radius 3 is 2.60 bits per heavy atom. The molecule has 8 nitrogen and oxygen atoms in total. The zero-order valence-electron chi connectivity index (χ0n) is 15.9. The summed E-state index contributed by atoms with van der Waals surface area (Å²) in [5.41, 5.74) is 1.69. The summed E-state index contributed by atoms with van der Waals surface area (Å²) < 4.78 is 21.1. The molecule has 0 radical (unpaired) electrons. The molecule has 3 aromatic heterocycles. The van der Waals surface area contributed by atoms with Crippen LogP contribution >= 0.6 is 0 Å². The standard InChI is InChI=1S/C21H16FN7O/c1-13(19-24-21(30-28-19)14-7-3-2-4-8-14)23-17-11-12-18-25-26-20(29(18)27-17)15-9-5-6-10-16(15)22/h2-13H,1H3,(H,23,27). The molecule has 2 aromatic carbocycles. The van der Waals surface area contributed by atoms with Crippen molar-refractivity contribution in [1.29, 1.82) is 0 Å². The van der Waals surface area contributed by atoms with E-state index < -0.39 is 0 Å². The van der Waals surface area contributed by atoms with E-state index in [-0.39, 0.29) is 11.9 Å². The Labute approximate surface area is 170 Å². The van der Waals surface area contributed by atoms with Crippen LogP contribution in [0.2, 0.25) is 0 Å². The van der Waals surface area contributed by atoms with E-state index in [1.165, 1.54) is 10.6 Å². The topological polar surface area (TPSA) is 94.0 Å². The molecule has 0 aliphatic rings. The van der Waals surface area contributed by atoms with Crippen LogP contribution in [0, 0.1) is 5.82 Å². The minimum Gasteiger partial charge on any atom is -0.359 e. The van der Waals surface area contributed by atoms with Crippen LogP contribution in [-0.2, 0) is 0 Å². The highest BCUT2D eigenvalue weighted by Gasteiger charge is 2.17. The van der Waals surface area contributed by atoms with Gasteiger partial charge in [0.05, 0.1) is 11.6 Å². The summed E-state index contributed by atoms with van der Waals surface area (Å²) in [7, 11) is 0. The van der Waals surface area contributed by atoms with Crippen LogP contribution in [0.25, 0.3) is 28.5 Å². The van der Waals surface area contributed by atoms with E-state index in [9.17, 15) is 4.39 Å².